The second kappa shape index (κ2) is 8.61. The van der Waals surface area contributed by atoms with Crippen LogP contribution >= 0.6 is 12.4 Å². The van der Waals surface area contributed by atoms with Gasteiger partial charge in [-0.05, 0) is 55.8 Å². The molecule has 1 heterocycles. The van der Waals surface area contributed by atoms with Gasteiger partial charge in [-0.25, -0.2) is 0 Å². The minimum Gasteiger partial charge on any atom is -0.342 e. The van der Waals surface area contributed by atoms with Crippen LogP contribution < -0.4 is 5.32 Å². The summed E-state index contributed by atoms with van der Waals surface area (Å²) in [7, 11) is 0. The van der Waals surface area contributed by atoms with Gasteiger partial charge >= 0.3 is 6.18 Å². The summed E-state index contributed by atoms with van der Waals surface area (Å²) in [5.41, 5.74) is 0.00236. The summed E-state index contributed by atoms with van der Waals surface area (Å²) in [6.07, 6.45) is -1.67. The minimum atomic E-state index is -4.33. The minimum absolute atomic E-state index is 0. The number of benzene rings is 1. The van der Waals surface area contributed by atoms with Gasteiger partial charge in [-0.15, -0.1) is 12.4 Å². The highest BCUT2D eigenvalue weighted by molar-refractivity contribution is 5.85. The molecular formula is C19H26ClF3N2O. The SMILES string of the molecule is CCNCC1CCN(C(=O)C2CC2c2cccc(C(F)(F)F)c2)CC1.Cl. The molecule has 1 saturated heterocycles. The molecule has 3 rings (SSSR count). The zero-order valence-corrected chi connectivity index (χ0v) is 15.7. The quantitative estimate of drug-likeness (QED) is 0.821. The Balaban J connectivity index is 0.00000243. The van der Waals surface area contributed by atoms with E-state index < -0.39 is 11.7 Å². The molecule has 1 aromatic rings. The molecule has 1 aliphatic carbocycles. The van der Waals surface area contributed by atoms with Gasteiger partial charge in [0.05, 0.1) is 5.56 Å². The molecule has 0 bridgehead atoms. The molecule has 0 radical (unpaired) electrons. The Kier molecular flexibility index (Phi) is 6.97. The zero-order valence-electron chi connectivity index (χ0n) is 14.9. The fourth-order valence-corrected chi connectivity index (χ4v) is 3.72. The predicted molar refractivity (Wildman–Crippen MR) is 97.4 cm³/mol. The van der Waals surface area contributed by atoms with Crippen LogP contribution in [0.25, 0.3) is 0 Å². The average molecular weight is 391 g/mol. The van der Waals surface area contributed by atoms with Crippen molar-refractivity contribution in [3.63, 3.8) is 0 Å². The summed E-state index contributed by atoms with van der Waals surface area (Å²) in [5, 5.41) is 3.35. The topological polar surface area (TPSA) is 32.3 Å². The molecule has 2 aliphatic rings. The van der Waals surface area contributed by atoms with Crippen molar-refractivity contribution in [2.45, 2.75) is 38.3 Å². The first-order valence-corrected chi connectivity index (χ1v) is 9.06. The van der Waals surface area contributed by atoms with Crippen LogP contribution in [0, 0.1) is 11.8 Å². The normalized spacial score (nSPS) is 23.5. The molecule has 0 spiro atoms. The number of nitrogens with one attached hydrogen (secondary N) is 1. The Bertz CT molecular complexity index is 615. The first kappa shape index (κ1) is 21.0. The second-order valence-corrected chi connectivity index (χ2v) is 7.15. The summed E-state index contributed by atoms with van der Waals surface area (Å²) in [5.74, 6) is 0.523. The molecule has 1 aliphatic heterocycles. The van der Waals surface area contributed by atoms with Crippen LogP contribution in [-0.4, -0.2) is 37.0 Å². The van der Waals surface area contributed by atoms with Crippen molar-refractivity contribution in [2.24, 2.45) is 11.8 Å². The monoisotopic (exact) mass is 390 g/mol. The standard InChI is InChI=1S/C19H25F3N2O.ClH/c1-2-23-12-13-6-8-24(9-7-13)18(25)17-11-16(17)14-4-3-5-15(10-14)19(20,21)22;/h3-5,10,13,16-17,23H,2,6-9,11-12H2,1H3;1H. The molecule has 1 N–H and O–H groups in total. The van der Waals surface area contributed by atoms with Crippen LogP contribution in [0.15, 0.2) is 24.3 Å². The van der Waals surface area contributed by atoms with E-state index in [1.54, 1.807) is 6.07 Å². The van der Waals surface area contributed by atoms with Gasteiger partial charge in [-0.2, -0.15) is 13.2 Å². The molecule has 1 aromatic carbocycles. The van der Waals surface area contributed by atoms with Crippen molar-refractivity contribution in [3.05, 3.63) is 35.4 Å². The van der Waals surface area contributed by atoms with Crippen molar-refractivity contribution in [2.75, 3.05) is 26.2 Å². The van der Waals surface area contributed by atoms with Gasteiger partial charge in [0.25, 0.3) is 0 Å². The van der Waals surface area contributed by atoms with Gasteiger partial charge in [-0.1, -0.05) is 25.1 Å². The average Bonchev–Trinajstić information content (AvgIpc) is 3.40. The Labute approximate surface area is 158 Å². The summed E-state index contributed by atoms with van der Waals surface area (Å²) < 4.78 is 38.5. The van der Waals surface area contributed by atoms with E-state index >= 15 is 0 Å². The highest BCUT2D eigenvalue weighted by atomic mass is 35.5. The van der Waals surface area contributed by atoms with Crippen LogP contribution in [0.2, 0.25) is 0 Å². The Hall–Kier alpha value is -1.27. The molecule has 1 amide bonds. The molecule has 2 fully saturated rings. The van der Waals surface area contributed by atoms with E-state index in [0.29, 0.717) is 17.9 Å². The van der Waals surface area contributed by atoms with E-state index in [9.17, 15) is 18.0 Å². The predicted octanol–water partition coefficient (Wildman–Crippen LogP) is 4.08. The third-order valence-electron chi connectivity index (χ3n) is 5.36. The third-order valence-corrected chi connectivity index (χ3v) is 5.36. The fraction of sp³-hybridized carbons (Fsp3) is 0.632. The molecular weight excluding hydrogens is 365 g/mol. The molecule has 0 aromatic heterocycles. The van der Waals surface area contributed by atoms with E-state index in [-0.39, 0.29) is 30.2 Å². The Morgan fingerprint density at radius 1 is 1.27 bits per heavy atom. The number of carbonyl (C=O) groups excluding carboxylic acids is 1. The maximum Gasteiger partial charge on any atom is 0.416 e. The lowest BCUT2D eigenvalue weighted by atomic mass is 9.96. The fourth-order valence-electron chi connectivity index (χ4n) is 3.72. The van der Waals surface area contributed by atoms with E-state index in [2.05, 4.69) is 12.2 Å². The van der Waals surface area contributed by atoms with Crippen LogP contribution in [0.4, 0.5) is 13.2 Å². The van der Waals surface area contributed by atoms with Crippen LogP contribution in [0.1, 0.15) is 43.2 Å². The number of halogens is 4. The van der Waals surface area contributed by atoms with E-state index in [4.69, 9.17) is 0 Å². The summed E-state index contributed by atoms with van der Waals surface area (Å²) in [4.78, 5) is 14.5. The lowest BCUT2D eigenvalue weighted by molar-refractivity contribution is -0.137. The van der Waals surface area contributed by atoms with Crippen LogP contribution in [0.3, 0.4) is 0 Å². The maximum atomic E-state index is 12.8. The van der Waals surface area contributed by atoms with Gasteiger partial charge in [0, 0.05) is 19.0 Å². The lowest BCUT2D eigenvalue weighted by Gasteiger charge is -2.32. The first-order chi connectivity index (χ1) is 11.9. The molecule has 7 heteroatoms. The highest BCUT2D eigenvalue weighted by Gasteiger charge is 2.46. The number of likely N-dealkylation sites (tertiary alicyclic amines) is 1. The van der Waals surface area contributed by atoms with Crippen molar-refractivity contribution < 1.29 is 18.0 Å². The van der Waals surface area contributed by atoms with Crippen LogP contribution in [0.5, 0.6) is 0 Å². The smallest absolute Gasteiger partial charge is 0.342 e. The molecule has 26 heavy (non-hydrogen) atoms. The molecule has 1 saturated carbocycles. The van der Waals surface area contributed by atoms with Gasteiger partial charge in [0.1, 0.15) is 0 Å². The molecule has 3 nitrogen and oxygen atoms in total. The first-order valence-electron chi connectivity index (χ1n) is 9.06. The third kappa shape index (κ3) is 4.92. The second-order valence-electron chi connectivity index (χ2n) is 7.15. The largest absolute Gasteiger partial charge is 0.416 e. The van der Waals surface area contributed by atoms with Crippen LogP contribution in [-0.2, 0) is 11.0 Å². The number of nitrogens with zero attached hydrogens (tertiary/aromatic N) is 1. The number of alkyl halides is 3. The highest BCUT2D eigenvalue weighted by Crippen LogP contribution is 2.49. The van der Waals surface area contributed by atoms with Crippen molar-refractivity contribution in [3.8, 4) is 0 Å². The zero-order chi connectivity index (χ0) is 18.0. The summed E-state index contributed by atoms with van der Waals surface area (Å²) in [6, 6.07) is 5.42. The number of rotatable bonds is 5. The Morgan fingerprint density at radius 3 is 2.58 bits per heavy atom. The summed E-state index contributed by atoms with van der Waals surface area (Å²) in [6.45, 7) is 5.57. The number of hydrogen-bond acceptors (Lipinski definition) is 2. The van der Waals surface area contributed by atoms with E-state index in [0.717, 1.165) is 45.1 Å². The number of piperidine rings is 1. The van der Waals surface area contributed by atoms with Crippen molar-refractivity contribution in [1.82, 2.24) is 10.2 Å². The van der Waals surface area contributed by atoms with E-state index in [1.807, 2.05) is 4.90 Å². The maximum absolute atomic E-state index is 12.8. The number of carbonyl (C=O) groups is 1. The van der Waals surface area contributed by atoms with E-state index in [1.165, 1.54) is 12.1 Å². The number of amides is 1. The summed E-state index contributed by atoms with van der Waals surface area (Å²) >= 11 is 0. The number of hydrogen-bond donors (Lipinski definition) is 1. The molecule has 146 valence electrons. The Morgan fingerprint density at radius 2 is 1.96 bits per heavy atom. The molecule has 2 unspecified atom stereocenters. The van der Waals surface area contributed by atoms with Crippen molar-refractivity contribution in [1.29, 1.82) is 0 Å². The van der Waals surface area contributed by atoms with Gasteiger partial charge in [0.2, 0.25) is 5.91 Å². The van der Waals surface area contributed by atoms with Gasteiger partial charge in [-0.3, -0.25) is 4.79 Å². The molecule has 2 atom stereocenters. The van der Waals surface area contributed by atoms with Crippen molar-refractivity contribution >= 4 is 18.3 Å². The van der Waals surface area contributed by atoms with Gasteiger partial charge in [0.15, 0.2) is 0 Å². The van der Waals surface area contributed by atoms with Gasteiger partial charge < -0.3 is 10.2 Å². The lowest BCUT2D eigenvalue weighted by Crippen LogP contribution is -2.41.